The highest BCUT2D eigenvalue weighted by Crippen LogP contribution is 2.30. The summed E-state index contributed by atoms with van der Waals surface area (Å²) in [6.45, 7) is 2.37. The molecule has 0 amide bonds. The zero-order valence-electron chi connectivity index (χ0n) is 16.0. The minimum Gasteiger partial charge on any atom is -0.494 e. The molecule has 0 spiro atoms. The molecule has 30 heavy (non-hydrogen) atoms. The van der Waals surface area contributed by atoms with E-state index in [1.807, 2.05) is 6.92 Å². The lowest BCUT2D eigenvalue weighted by Crippen LogP contribution is -2.17. The van der Waals surface area contributed by atoms with Crippen LogP contribution in [0.2, 0.25) is 0 Å². The molecule has 3 rings (SSSR count). The van der Waals surface area contributed by atoms with Crippen LogP contribution in [0.3, 0.4) is 0 Å². The van der Waals surface area contributed by atoms with Crippen LogP contribution in [0, 0.1) is 5.82 Å². The van der Waals surface area contributed by atoms with Gasteiger partial charge < -0.3 is 20.1 Å². The van der Waals surface area contributed by atoms with Gasteiger partial charge in [0.1, 0.15) is 11.6 Å². The van der Waals surface area contributed by atoms with Crippen molar-refractivity contribution in [2.45, 2.75) is 13.3 Å². The zero-order valence-corrected chi connectivity index (χ0v) is 16.0. The number of nitrogens with one attached hydrogen (secondary N) is 2. The van der Waals surface area contributed by atoms with Gasteiger partial charge in [0.25, 0.3) is 0 Å². The summed E-state index contributed by atoms with van der Waals surface area (Å²) in [5.41, 5.74) is 1.15. The Morgan fingerprint density at radius 2 is 1.83 bits per heavy atom. The maximum atomic E-state index is 14.0. The number of ether oxygens (including phenoxy) is 2. The molecule has 0 aliphatic rings. The van der Waals surface area contributed by atoms with Crippen molar-refractivity contribution in [2.75, 3.05) is 24.3 Å². The summed E-state index contributed by atoms with van der Waals surface area (Å²) in [6.07, 6.45) is -4.80. The quantitative estimate of drug-likeness (QED) is 0.500. The number of anilines is 3. The van der Waals surface area contributed by atoms with Crippen molar-refractivity contribution in [3.63, 3.8) is 0 Å². The molecule has 0 saturated carbocycles. The molecule has 0 unspecified atom stereocenters. The highest BCUT2D eigenvalue weighted by Gasteiger charge is 2.31. The molecule has 0 bridgehead atoms. The van der Waals surface area contributed by atoms with Crippen molar-refractivity contribution in [3.05, 3.63) is 54.3 Å². The number of nitrogens with zero attached hydrogens (tertiary/aromatic N) is 2. The van der Waals surface area contributed by atoms with Gasteiger partial charge >= 0.3 is 6.36 Å². The second-order valence-corrected chi connectivity index (χ2v) is 6.04. The van der Waals surface area contributed by atoms with Crippen LogP contribution in [0.5, 0.6) is 11.5 Å². The minimum atomic E-state index is -4.80. The summed E-state index contributed by atoms with van der Waals surface area (Å²) in [5.74, 6) is -0.244. The second kappa shape index (κ2) is 8.85. The lowest BCUT2D eigenvalue weighted by atomic mass is 10.1. The van der Waals surface area contributed by atoms with Crippen LogP contribution in [0.25, 0.3) is 11.3 Å². The number of hydrogen-bond acceptors (Lipinski definition) is 6. The molecule has 0 atom stereocenters. The first kappa shape index (κ1) is 21.2. The molecule has 10 heteroatoms. The number of hydrogen-bond donors (Lipinski definition) is 2. The standard InChI is InChI=1S/C20H18F4N4O2/c1-3-25-19-27-16(12-5-4-6-14(9-12)30-20(22,23)24)11-18(28-19)26-13-7-8-17(29-2)15(21)10-13/h4-11H,3H2,1-2H3,(H2,25,26,27,28). The van der Waals surface area contributed by atoms with Crippen molar-refractivity contribution in [3.8, 4) is 22.8 Å². The Bertz CT molecular complexity index is 1030. The van der Waals surface area contributed by atoms with E-state index < -0.39 is 12.2 Å². The highest BCUT2D eigenvalue weighted by molar-refractivity contribution is 5.68. The van der Waals surface area contributed by atoms with Gasteiger partial charge in [0, 0.05) is 29.9 Å². The molecule has 1 heterocycles. The number of methoxy groups -OCH3 is 1. The first-order valence-electron chi connectivity index (χ1n) is 8.87. The van der Waals surface area contributed by atoms with E-state index in [4.69, 9.17) is 4.74 Å². The van der Waals surface area contributed by atoms with Crippen molar-refractivity contribution in [2.24, 2.45) is 0 Å². The van der Waals surface area contributed by atoms with Gasteiger partial charge in [-0.2, -0.15) is 4.98 Å². The first-order valence-corrected chi connectivity index (χ1v) is 8.87. The molecule has 0 aliphatic carbocycles. The van der Waals surface area contributed by atoms with Crippen LogP contribution in [0.1, 0.15) is 6.92 Å². The predicted molar refractivity (Wildman–Crippen MR) is 105 cm³/mol. The van der Waals surface area contributed by atoms with Gasteiger partial charge in [0.05, 0.1) is 12.8 Å². The van der Waals surface area contributed by atoms with E-state index in [2.05, 4.69) is 25.3 Å². The topological polar surface area (TPSA) is 68.3 Å². The largest absolute Gasteiger partial charge is 0.573 e. The van der Waals surface area contributed by atoms with Gasteiger partial charge in [0.2, 0.25) is 5.95 Å². The fraction of sp³-hybridized carbons (Fsp3) is 0.200. The first-order chi connectivity index (χ1) is 14.3. The van der Waals surface area contributed by atoms with E-state index >= 15 is 0 Å². The Morgan fingerprint density at radius 1 is 1.03 bits per heavy atom. The van der Waals surface area contributed by atoms with Crippen LogP contribution < -0.4 is 20.1 Å². The van der Waals surface area contributed by atoms with Crippen molar-refractivity contribution < 1.29 is 27.0 Å². The van der Waals surface area contributed by atoms with Crippen LogP contribution in [0.15, 0.2) is 48.5 Å². The highest BCUT2D eigenvalue weighted by atomic mass is 19.4. The number of benzene rings is 2. The lowest BCUT2D eigenvalue weighted by molar-refractivity contribution is -0.274. The predicted octanol–water partition coefficient (Wildman–Crippen LogP) is 5.37. The Kier molecular flexibility index (Phi) is 6.24. The van der Waals surface area contributed by atoms with Gasteiger partial charge in [-0.15, -0.1) is 13.2 Å². The summed E-state index contributed by atoms with van der Waals surface area (Å²) < 4.78 is 60.4. The lowest BCUT2D eigenvalue weighted by Gasteiger charge is -2.13. The summed E-state index contributed by atoms with van der Waals surface area (Å²) in [6, 6.07) is 11.3. The van der Waals surface area contributed by atoms with Crippen LogP contribution in [-0.4, -0.2) is 30.0 Å². The molecule has 0 aliphatic heterocycles. The van der Waals surface area contributed by atoms with Crippen molar-refractivity contribution >= 4 is 17.5 Å². The van der Waals surface area contributed by atoms with E-state index in [0.29, 0.717) is 29.3 Å². The Morgan fingerprint density at radius 3 is 2.50 bits per heavy atom. The van der Waals surface area contributed by atoms with Gasteiger partial charge in [-0.1, -0.05) is 12.1 Å². The van der Waals surface area contributed by atoms with E-state index in [0.717, 1.165) is 0 Å². The molecule has 6 nitrogen and oxygen atoms in total. The summed E-state index contributed by atoms with van der Waals surface area (Å²) in [5, 5.41) is 5.92. The SMILES string of the molecule is CCNc1nc(Nc2ccc(OC)c(F)c2)cc(-c2cccc(OC(F)(F)F)c2)n1. The number of aromatic nitrogens is 2. The number of halogens is 4. The van der Waals surface area contributed by atoms with Crippen molar-refractivity contribution in [1.29, 1.82) is 0 Å². The minimum absolute atomic E-state index is 0.0961. The third kappa shape index (κ3) is 5.49. The fourth-order valence-corrected chi connectivity index (χ4v) is 2.64. The summed E-state index contributed by atoms with van der Waals surface area (Å²) in [7, 11) is 1.36. The number of rotatable bonds is 7. The van der Waals surface area contributed by atoms with Crippen LogP contribution in [-0.2, 0) is 0 Å². The molecule has 2 N–H and O–H groups in total. The Hall–Kier alpha value is -3.56. The van der Waals surface area contributed by atoms with E-state index in [9.17, 15) is 17.6 Å². The average molecular weight is 422 g/mol. The normalized spacial score (nSPS) is 11.1. The monoisotopic (exact) mass is 422 g/mol. The average Bonchev–Trinajstić information content (AvgIpc) is 2.67. The van der Waals surface area contributed by atoms with Gasteiger partial charge in [-0.25, -0.2) is 9.37 Å². The Balaban J connectivity index is 1.95. The molecule has 0 fully saturated rings. The van der Waals surface area contributed by atoms with Crippen LogP contribution in [0.4, 0.5) is 35.0 Å². The third-order valence-electron chi connectivity index (χ3n) is 3.85. The van der Waals surface area contributed by atoms with Gasteiger partial charge in [-0.05, 0) is 31.2 Å². The maximum absolute atomic E-state index is 14.0. The molecule has 3 aromatic rings. The van der Waals surface area contributed by atoms with Crippen molar-refractivity contribution in [1.82, 2.24) is 9.97 Å². The molecule has 2 aromatic carbocycles. The molecular weight excluding hydrogens is 404 g/mol. The molecule has 158 valence electrons. The second-order valence-electron chi connectivity index (χ2n) is 6.04. The van der Waals surface area contributed by atoms with E-state index in [-0.39, 0.29) is 17.4 Å². The Labute approximate surface area is 169 Å². The van der Waals surface area contributed by atoms with E-state index in [1.165, 1.54) is 43.5 Å². The maximum Gasteiger partial charge on any atom is 0.573 e. The van der Waals surface area contributed by atoms with Gasteiger partial charge in [-0.3, -0.25) is 0 Å². The number of alkyl halides is 3. The third-order valence-corrected chi connectivity index (χ3v) is 3.85. The fourth-order valence-electron chi connectivity index (χ4n) is 2.64. The molecule has 0 saturated heterocycles. The van der Waals surface area contributed by atoms with Crippen LogP contribution >= 0.6 is 0 Å². The molecular formula is C20H18F4N4O2. The summed E-state index contributed by atoms with van der Waals surface area (Å²) in [4.78, 5) is 8.62. The summed E-state index contributed by atoms with van der Waals surface area (Å²) >= 11 is 0. The molecule has 1 aromatic heterocycles. The smallest absolute Gasteiger partial charge is 0.494 e. The molecule has 0 radical (unpaired) electrons. The van der Waals surface area contributed by atoms with Gasteiger partial charge in [0.15, 0.2) is 11.6 Å². The zero-order chi connectivity index (χ0) is 21.7. The van der Waals surface area contributed by atoms with E-state index in [1.54, 1.807) is 12.1 Å².